The summed E-state index contributed by atoms with van der Waals surface area (Å²) in [5.74, 6) is -0.121. The largest absolute Gasteiger partial charge is 0.397 e. The fourth-order valence-corrected chi connectivity index (χ4v) is 2.69. The Morgan fingerprint density at radius 3 is 2.58 bits per heavy atom. The fraction of sp³-hybridized carbons (Fsp3) is 0.133. The van der Waals surface area contributed by atoms with E-state index in [1.807, 2.05) is 24.3 Å². The van der Waals surface area contributed by atoms with E-state index in [0.29, 0.717) is 11.4 Å². The van der Waals surface area contributed by atoms with Gasteiger partial charge in [0.05, 0.1) is 11.4 Å². The number of nitrogens with one attached hydrogen (secondary N) is 1. The highest BCUT2D eigenvalue weighted by molar-refractivity contribution is 7.99. The highest BCUT2D eigenvalue weighted by Crippen LogP contribution is 2.32. The van der Waals surface area contributed by atoms with Gasteiger partial charge in [0.25, 0.3) is 0 Å². The van der Waals surface area contributed by atoms with Crippen LogP contribution in [0.1, 0.15) is 12.5 Å². The van der Waals surface area contributed by atoms with Crippen LogP contribution in [0.2, 0.25) is 0 Å². The molecular weight excluding hydrogens is 256 g/mol. The van der Waals surface area contributed by atoms with Crippen molar-refractivity contribution < 1.29 is 4.79 Å². The Bertz CT molecular complexity index is 611. The van der Waals surface area contributed by atoms with Crippen LogP contribution in [-0.2, 0) is 4.79 Å². The van der Waals surface area contributed by atoms with Gasteiger partial charge >= 0.3 is 0 Å². The molecule has 0 aliphatic heterocycles. The lowest BCUT2D eigenvalue weighted by Gasteiger charge is -2.09. The van der Waals surface area contributed by atoms with Gasteiger partial charge in [0.15, 0.2) is 0 Å². The van der Waals surface area contributed by atoms with E-state index < -0.39 is 0 Å². The first-order valence-electron chi connectivity index (χ1n) is 5.96. The molecule has 0 atom stereocenters. The Kier molecular flexibility index (Phi) is 4.12. The fourth-order valence-electron chi connectivity index (χ4n) is 1.71. The number of hydrogen-bond acceptors (Lipinski definition) is 3. The van der Waals surface area contributed by atoms with Crippen LogP contribution in [0.5, 0.6) is 0 Å². The van der Waals surface area contributed by atoms with Crippen LogP contribution >= 0.6 is 11.8 Å². The molecule has 2 aromatic carbocycles. The molecule has 0 fully saturated rings. The Morgan fingerprint density at radius 2 is 1.89 bits per heavy atom. The number of hydrogen-bond donors (Lipinski definition) is 2. The van der Waals surface area contributed by atoms with Crippen LogP contribution in [0.15, 0.2) is 52.3 Å². The number of benzene rings is 2. The molecule has 0 radical (unpaired) electrons. The first-order valence-corrected chi connectivity index (χ1v) is 6.78. The van der Waals surface area contributed by atoms with Crippen LogP contribution < -0.4 is 11.1 Å². The maximum atomic E-state index is 11.1. The molecular formula is C15H16N2OS. The van der Waals surface area contributed by atoms with Crippen molar-refractivity contribution >= 4 is 29.0 Å². The van der Waals surface area contributed by atoms with Gasteiger partial charge in [-0.1, -0.05) is 29.5 Å². The standard InChI is InChI=1S/C15H16N2OS/c1-10-4-3-5-12(8-10)19-13-6-7-14(16)15(9-13)17-11(2)18/h3-9H,16H2,1-2H3,(H,17,18). The third kappa shape index (κ3) is 3.76. The summed E-state index contributed by atoms with van der Waals surface area (Å²) < 4.78 is 0. The van der Waals surface area contributed by atoms with Crippen LogP contribution in [-0.4, -0.2) is 5.91 Å². The topological polar surface area (TPSA) is 55.1 Å². The van der Waals surface area contributed by atoms with Crippen molar-refractivity contribution in [2.75, 3.05) is 11.1 Å². The van der Waals surface area contributed by atoms with Crippen LogP contribution in [0.25, 0.3) is 0 Å². The molecule has 0 aliphatic carbocycles. The van der Waals surface area contributed by atoms with E-state index >= 15 is 0 Å². The molecule has 0 aliphatic rings. The lowest BCUT2D eigenvalue weighted by molar-refractivity contribution is -0.114. The number of carbonyl (C=O) groups excluding carboxylic acids is 1. The number of carbonyl (C=O) groups is 1. The number of amides is 1. The minimum Gasteiger partial charge on any atom is -0.397 e. The molecule has 4 heteroatoms. The summed E-state index contributed by atoms with van der Waals surface area (Å²) in [6.45, 7) is 3.54. The van der Waals surface area contributed by atoms with E-state index in [1.165, 1.54) is 17.4 Å². The van der Waals surface area contributed by atoms with E-state index in [4.69, 9.17) is 5.73 Å². The van der Waals surface area contributed by atoms with E-state index in [2.05, 4.69) is 30.4 Å². The summed E-state index contributed by atoms with van der Waals surface area (Å²) in [4.78, 5) is 13.3. The van der Waals surface area contributed by atoms with E-state index in [-0.39, 0.29) is 5.91 Å². The number of nitrogens with two attached hydrogens (primary N) is 1. The second-order valence-corrected chi connectivity index (χ2v) is 5.50. The van der Waals surface area contributed by atoms with Gasteiger partial charge in [-0.2, -0.15) is 0 Å². The maximum absolute atomic E-state index is 11.1. The smallest absolute Gasteiger partial charge is 0.221 e. The van der Waals surface area contributed by atoms with Gasteiger partial charge in [0.1, 0.15) is 0 Å². The zero-order chi connectivity index (χ0) is 13.8. The lowest BCUT2D eigenvalue weighted by Crippen LogP contribution is -2.07. The average Bonchev–Trinajstić information content (AvgIpc) is 2.33. The van der Waals surface area contributed by atoms with Crippen molar-refractivity contribution in [3.63, 3.8) is 0 Å². The summed E-state index contributed by atoms with van der Waals surface area (Å²) in [5.41, 5.74) is 8.29. The van der Waals surface area contributed by atoms with E-state index in [9.17, 15) is 4.79 Å². The van der Waals surface area contributed by atoms with Crippen molar-refractivity contribution in [3.05, 3.63) is 48.0 Å². The summed E-state index contributed by atoms with van der Waals surface area (Å²) >= 11 is 1.64. The van der Waals surface area contributed by atoms with E-state index in [0.717, 1.165) is 4.90 Å². The Morgan fingerprint density at radius 1 is 1.16 bits per heavy atom. The van der Waals surface area contributed by atoms with Gasteiger partial charge in [0.2, 0.25) is 5.91 Å². The highest BCUT2D eigenvalue weighted by Gasteiger charge is 2.04. The van der Waals surface area contributed by atoms with Crippen molar-refractivity contribution in [1.29, 1.82) is 0 Å². The highest BCUT2D eigenvalue weighted by atomic mass is 32.2. The van der Waals surface area contributed by atoms with Gasteiger partial charge in [-0.05, 0) is 37.3 Å². The van der Waals surface area contributed by atoms with Gasteiger partial charge in [-0.3, -0.25) is 4.79 Å². The predicted octanol–water partition coefficient (Wildman–Crippen LogP) is 3.69. The molecule has 0 bridgehead atoms. The summed E-state index contributed by atoms with van der Waals surface area (Å²) in [6.07, 6.45) is 0. The molecule has 0 saturated heterocycles. The molecule has 2 rings (SSSR count). The van der Waals surface area contributed by atoms with Crippen LogP contribution in [0.4, 0.5) is 11.4 Å². The van der Waals surface area contributed by atoms with Crippen LogP contribution in [0, 0.1) is 6.92 Å². The molecule has 0 heterocycles. The van der Waals surface area contributed by atoms with Crippen LogP contribution in [0.3, 0.4) is 0 Å². The summed E-state index contributed by atoms with van der Waals surface area (Å²) in [6, 6.07) is 13.9. The Balaban J connectivity index is 2.23. The summed E-state index contributed by atoms with van der Waals surface area (Å²) in [5, 5.41) is 2.73. The number of rotatable bonds is 3. The van der Waals surface area contributed by atoms with Crippen molar-refractivity contribution in [2.45, 2.75) is 23.6 Å². The molecule has 0 aromatic heterocycles. The molecule has 98 valence electrons. The second-order valence-electron chi connectivity index (χ2n) is 4.35. The molecule has 3 nitrogen and oxygen atoms in total. The molecule has 0 saturated carbocycles. The SMILES string of the molecule is CC(=O)Nc1cc(Sc2cccc(C)c2)ccc1N. The minimum absolute atomic E-state index is 0.121. The summed E-state index contributed by atoms with van der Waals surface area (Å²) in [7, 11) is 0. The first kappa shape index (κ1) is 13.5. The molecule has 2 aromatic rings. The number of anilines is 2. The molecule has 3 N–H and O–H groups in total. The van der Waals surface area contributed by atoms with Gasteiger partial charge in [0, 0.05) is 16.7 Å². The second kappa shape index (κ2) is 5.80. The monoisotopic (exact) mass is 272 g/mol. The maximum Gasteiger partial charge on any atom is 0.221 e. The first-order chi connectivity index (χ1) is 9.04. The van der Waals surface area contributed by atoms with Crippen molar-refractivity contribution in [3.8, 4) is 0 Å². The molecule has 19 heavy (non-hydrogen) atoms. The zero-order valence-electron chi connectivity index (χ0n) is 10.9. The van der Waals surface area contributed by atoms with Gasteiger partial charge in [-0.15, -0.1) is 0 Å². The quantitative estimate of drug-likeness (QED) is 0.838. The normalized spacial score (nSPS) is 10.2. The number of aryl methyl sites for hydroxylation is 1. The average molecular weight is 272 g/mol. The lowest BCUT2D eigenvalue weighted by atomic mass is 10.2. The zero-order valence-corrected chi connectivity index (χ0v) is 11.8. The van der Waals surface area contributed by atoms with Gasteiger partial charge < -0.3 is 11.1 Å². The predicted molar refractivity (Wildman–Crippen MR) is 80.5 cm³/mol. The Labute approximate surface area is 117 Å². The number of nitrogen functional groups attached to an aromatic ring is 1. The third-order valence-electron chi connectivity index (χ3n) is 2.56. The molecule has 1 amide bonds. The molecule has 0 unspecified atom stereocenters. The van der Waals surface area contributed by atoms with Gasteiger partial charge in [-0.25, -0.2) is 0 Å². The Hall–Kier alpha value is -1.94. The van der Waals surface area contributed by atoms with E-state index in [1.54, 1.807) is 11.8 Å². The van der Waals surface area contributed by atoms with Crippen molar-refractivity contribution in [2.24, 2.45) is 0 Å². The van der Waals surface area contributed by atoms with Crippen molar-refractivity contribution in [1.82, 2.24) is 0 Å². The molecule has 0 spiro atoms. The third-order valence-corrected chi connectivity index (χ3v) is 3.54. The minimum atomic E-state index is -0.121.